The lowest BCUT2D eigenvalue weighted by Crippen LogP contribution is -2.60. The van der Waals surface area contributed by atoms with E-state index in [-0.39, 0.29) is 31.2 Å². The third-order valence-electron chi connectivity index (χ3n) is 6.14. The number of carbonyl (C=O) groups is 3. The molecule has 12 heteroatoms. The zero-order valence-corrected chi connectivity index (χ0v) is 22.5. The zero-order valence-electron chi connectivity index (χ0n) is 21.6. The normalized spacial score (nSPS) is 16.6. The van der Waals surface area contributed by atoms with Gasteiger partial charge in [0.15, 0.2) is 0 Å². The Labute approximate surface area is 222 Å². The van der Waals surface area contributed by atoms with Crippen molar-refractivity contribution in [3.63, 3.8) is 0 Å². The maximum atomic E-state index is 13.4. The Balaban J connectivity index is 1.67. The van der Waals surface area contributed by atoms with Gasteiger partial charge < -0.3 is 25.4 Å². The Morgan fingerprint density at radius 2 is 1.76 bits per heavy atom. The molecule has 2 unspecified atom stereocenters. The van der Waals surface area contributed by atoms with Crippen LogP contribution in [-0.4, -0.2) is 73.7 Å². The molecular weight excluding hydrogens is 512 g/mol. The number of nitrogens with one attached hydrogen (secondary N) is 3. The molecule has 3 rings (SSSR count). The van der Waals surface area contributed by atoms with Crippen LogP contribution in [0.4, 0.5) is 4.79 Å². The minimum atomic E-state index is -3.77. The summed E-state index contributed by atoms with van der Waals surface area (Å²) in [4.78, 5) is 39.0. The SMILES string of the molecule is Cc1ccc(S(=O)(=O)NC2CCN(C(=O)C(COCc3ccccc3)NC(=O)C(C)(C)NC(=O)O)C2)cc1. The first-order valence-corrected chi connectivity index (χ1v) is 13.7. The predicted octanol–water partition coefficient (Wildman–Crippen LogP) is 1.62. The summed E-state index contributed by atoms with van der Waals surface area (Å²) >= 11 is 0. The first-order chi connectivity index (χ1) is 17.9. The number of nitrogens with zero attached hydrogens (tertiary/aromatic N) is 1. The number of sulfonamides is 1. The van der Waals surface area contributed by atoms with E-state index in [1.165, 1.54) is 30.9 Å². The summed E-state index contributed by atoms with van der Waals surface area (Å²) in [5, 5.41) is 13.8. The van der Waals surface area contributed by atoms with Crippen molar-refractivity contribution in [2.24, 2.45) is 0 Å². The molecule has 0 aromatic heterocycles. The van der Waals surface area contributed by atoms with Gasteiger partial charge in [0.1, 0.15) is 11.6 Å². The first-order valence-electron chi connectivity index (χ1n) is 12.2. The molecule has 0 bridgehead atoms. The number of hydrogen-bond acceptors (Lipinski definition) is 6. The highest BCUT2D eigenvalue weighted by molar-refractivity contribution is 7.89. The molecule has 1 fully saturated rings. The number of carbonyl (C=O) groups excluding carboxylic acids is 2. The lowest BCUT2D eigenvalue weighted by Gasteiger charge is -2.29. The predicted molar refractivity (Wildman–Crippen MR) is 140 cm³/mol. The summed E-state index contributed by atoms with van der Waals surface area (Å²) in [6.45, 7) is 5.08. The number of rotatable bonds is 11. The van der Waals surface area contributed by atoms with Gasteiger partial charge in [0.05, 0.1) is 18.1 Å². The van der Waals surface area contributed by atoms with Crippen LogP contribution < -0.4 is 15.4 Å². The Hall–Kier alpha value is -3.48. The van der Waals surface area contributed by atoms with E-state index in [4.69, 9.17) is 9.84 Å². The Morgan fingerprint density at radius 1 is 1.11 bits per heavy atom. The van der Waals surface area contributed by atoms with Crippen LogP contribution in [0.5, 0.6) is 0 Å². The summed E-state index contributed by atoms with van der Waals surface area (Å²) in [5.74, 6) is -1.15. The van der Waals surface area contributed by atoms with Crippen molar-refractivity contribution < 1.29 is 32.6 Å². The van der Waals surface area contributed by atoms with Crippen LogP contribution in [0.2, 0.25) is 0 Å². The van der Waals surface area contributed by atoms with Crippen molar-refractivity contribution in [2.45, 2.75) is 56.3 Å². The molecule has 11 nitrogen and oxygen atoms in total. The third-order valence-corrected chi connectivity index (χ3v) is 7.68. The van der Waals surface area contributed by atoms with E-state index < -0.39 is 45.6 Å². The highest BCUT2D eigenvalue weighted by Crippen LogP contribution is 2.17. The highest BCUT2D eigenvalue weighted by Gasteiger charge is 2.37. The standard InChI is InChI=1S/C26H34N4O7S/c1-18-9-11-21(12-10-18)38(35,36)29-20-13-14-30(15-20)23(31)22(17-37-16-19-7-5-4-6-8-19)27-24(32)26(2,3)28-25(33)34/h4-12,20,22,28-29H,13-17H2,1-3H3,(H,27,32)(H,33,34). The van der Waals surface area contributed by atoms with Crippen molar-refractivity contribution in [3.8, 4) is 0 Å². The zero-order chi connectivity index (χ0) is 27.9. The molecule has 0 aliphatic carbocycles. The molecule has 1 aliphatic rings. The van der Waals surface area contributed by atoms with Crippen LogP contribution in [0.1, 0.15) is 31.4 Å². The Morgan fingerprint density at radius 3 is 2.39 bits per heavy atom. The van der Waals surface area contributed by atoms with Gasteiger partial charge in [0.2, 0.25) is 21.8 Å². The second kappa shape index (κ2) is 12.4. The largest absolute Gasteiger partial charge is 0.465 e. The van der Waals surface area contributed by atoms with Crippen molar-refractivity contribution in [1.29, 1.82) is 0 Å². The number of benzene rings is 2. The van der Waals surface area contributed by atoms with E-state index in [0.717, 1.165) is 11.1 Å². The smallest absolute Gasteiger partial charge is 0.405 e. The number of likely N-dealkylation sites (tertiary alicyclic amines) is 1. The molecule has 4 N–H and O–H groups in total. The van der Waals surface area contributed by atoms with E-state index in [0.29, 0.717) is 6.42 Å². The minimum Gasteiger partial charge on any atom is -0.465 e. The van der Waals surface area contributed by atoms with Crippen LogP contribution in [0.25, 0.3) is 0 Å². The second-order valence-electron chi connectivity index (χ2n) is 9.79. The molecule has 2 aromatic carbocycles. The van der Waals surface area contributed by atoms with Gasteiger partial charge in [-0.05, 0) is 44.9 Å². The second-order valence-corrected chi connectivity index (χ2v) is 11.5. The molecule has 1 saturated heterocycles. The third kappa shape index (κ3) is 8.01. The van der Waals surface area contributed by atoms with Crippen LogP contribution >= 0.6 is 0 Å². The Kier molecular flexibility index (Phi) is 9.47. The number of carboxylic acid groups (broad SMARTS) is 1. The molecule has 0 spiro atoms. The highest BCUT2D eigenvalue weighted by atomic mass is 32.2. The fourth-order valence-electron chi connectivity index (χ4n) is 3.99. The number of hydrogen-bond donors (Lipinski definition) is 4. The van der Waals surface area contributed by atoms with Crippen LogP contribution in [0.15, 0.2) is 59.5 Å². The van der Waals surface area contributed by atoms with E-state index in [9.17, 15) is 22.8 Å². The van der Waals surface area contributed by atoms with Gasteiger partial charge in [-0.25, -0.2) is 17.9 Å². The van der Waals surface area contributed by atoms with Gasteiger partial charge in [-0.3, -0.25) is 9.59 Å². The van der Waals surface area contributed by atoms with Crippen LogP contribution in [0.3, 0.4) is 0 Å². The molecule has 2 atom stereocenters. The van der Waals surface area contributed by atoms with E-state index in [1.807, 2.05) is 37.3 Å². The van der Waals surface area contributed by atoms with Gasteiger partial charge in [0.25, 0.3) is 0 Å². The summed E-state index contributed by atoms with van der Waals surface area (Å²) < 4.78 is 33.9. The van der Waals surface area contributed by atoms with Crippen LogP contribution in [-0.2, 0) is 31.0 Å². The molecule has 38 heavy (non-hydrogen) atoms. The molecule has 0 radical (unpaired) electrons. The van der Waals surface area contributed by atoms with E-state index in [1.54, 1.807) is 12.1 Å². The van der Waals surface area contributed by atoms with Crippen molar-refractivity contribution in [1.82, 2.24) is 20.3 Å². The summed E-state index contributed by atoms with van der Waals surface area (Å²) in [5.41, 5.74) is 0.316. The molecule has 206 valence electrons. The summed E-state index contributed by atoms with van der Waals surface area (Å²) in [7, 11) is -3.77. The lowest BCUT2D eigenvalue weighted by atomic mass is 10.0. The van der Waals surface area contributed by atoms with Gasteiger partial charge in [-0.1, -0.05) is 48.0 Å². The summed E-state index contributed by atoms with van der Waals surface area (Å²) in [6.07, 6.45) is -0.981. The number of ether oxygens (including phenoxy) is 1. The van der Waals surface area contributed by atoms with Crippen molar-refractivity contribution in [2.75, 3.05) is 19.7 Å². The van der Waals surface area contributed by atoms with Gasteiger partial charge in [0, 0.05) is 19.1 Å². The average molecular weight is 547 g/mol. The van der Waals surface area contributed by atoms with Crippen molar-refractivity contribution in [3.05, 3.63) is 65.7 Å². The molecule has 1 aliphatic heterocycles. The fraction of sp³-hybridized carbons (Fsp3) is 0.423. The average Bonchev–Trinajstić information content (AvgIpc) is 3.30. The van der Waals surface area contributed by atoms with Gasteiger partial charge in [-0.15, -0.1) is 0 Å². The van der Waals surface area contributed by atoms with Gasteiger partial charge in [-0.2, -0.15) is 0 Å². The van der Waals surface area contributed by atoms with Gasteiger partial charge >= 0.3 is 6.09 Å². The first kappa shape index (κ1) is 29.1. The van der Waals surface area contributed by atoms with E-state index >= 15 is 0 Å². The molecule has 0 saturated carbocycles. The molecule has 1 heterocycles. The van der Waals surface area contributed by atoms with E-state index in [2.05, 4.69) is 15.4 Å². The lowest BCUT2D eigenvalue weighted by molar-refractivity contribution is -0.139. The number of amides is 3. The topological polar surface area (TPSA) is 154 Å². The number of aryl methyl sites for hydroxylation is 1. The Bertz CT molecular complexity index is 1230. The minimum absolute atomic E-state index is 0.117. The maximum absolute atomic E-state index is 13.4. The van der Waals surface area contributed by atoms with Crippen LogP contribution in [0, 0.1) is 6.92 Å². The molecular formula is C26H34N4O7S. The summed E-state index contributed by atoms with van der Waals surface area (Å²) in [6, 6.07) is 14.2. The quantitative estimate of drug-likeness (QED) is 0.334. The van der Waals surface area contributed by atoms with Crippen molar-refractivity contribution >= 4 is 27.9 Å². The maximum Gasteiger partial charge on any atom is 0.405 e. The molecule has 3 amide bonds. The fourth-order valence-corrected chi connectivity index (χ4v) is 5.25. The molecule has 2 aromatic rings. The monoisotopic (exact) mass is 546 g/mol.